The van der Waals surface area contributed by atoms with Crippen LogP contribution < -0.4 is 5.56 Å². The molecule has 0 aliphatic carbocycles. The number of hydrogen-bond acceptors (Lipinski definition) is 4. The topological polar surface area (TPSA) is 84.8 Å². The molecule has 0 atom stereocenters. The van der Waals surface area contributed by atoms with Gasteiger partial charge in [-0.05, 0) is 12.1 Å². The van der Waals surface area contributed by atoms with E-state index < -0.39 is 27.3 Å². The largest absolute Gasteiger partial charge is 0.432 e. The molecule has 2 aromatic rings. The van der Waals surface area contributed by atoms with Gasteiger partial charge in [-0.3, -0.25) is 9.89 Å². The number of hydrogen-bond donors (Lipinski definition) is 1. The van der Waals surface area contributed by atoms with Crippen LogP contribution in [-0.2, 0) is 16.0 Å². The Labute approximate surface area is 110 Å². The molecule has 0 unspecified atom stereocenters. The number of aromatic nitrogens is 3. The second kappa shape index (κ2) is 4.47. The number of sulfone groups is 1. The number of alkyl halides is 3. The third-order valence-corrected chi connectivity index (χ3v) is 3.50. The van der Waals surface area contributed by atoms with Gasteiger partial charge in [0.2, 0.25) is 0 Å². The predicted molar refractivity (Wildman–Crippen MR) is 62.3 cm³/mol. The van der Waals surface area contributed by atoms with Crippen LogP contribution >= 0.6 is 0 Å². The third kappa shape index (κ3) is 2.74. The van der Waals surface area contributed by atoms with Crippen LogP contribution in [0.5, 0.6) is 0 Å². The molecule has 0 amide bonds. The van der Waals surface area contributed by atoms with Gasteiger partial charge in [0, 0.05) is 18.5 Å². The van der Waals surface area contributed by atoms with Gasteiger partial charge in [0.25, 0.3) is 5.56 Å². The number of pyridine rings is 1. The van der Waals surface area contributed by atoms with Gasteiger partial charge in [0.05, 0.1) is 4.90 Å². The first-order chi connectivity index (χ1) is 9.09. The van der Waals surface area contributed by atoms with Gasteiger partial charge in [-0.25, -0.2) is 18.1 Å². The molecular formula is C10H8F3N3O3S. The van der Waals surface area contributed by atoms with Crippen molar-refractivity contribution in [3.05, 3.63) is 40.4 Å². The van der Waals surface area contributed by atoms with Crippen molar-refractivity contribution >= 4 is 9.84 Å². The summed E-state index contributed by atoms with van der Waals surface area (Å²) in [5.41, 5.74) is -2.16. The molecular weight excluding hydrogens is 299 g/mol. The van der Waals surface area contributed by atoms with Crippen molar-refractivity contribution in [1.29, 1.82) is 0 Å². The van der Waals surface area contributed by atoms with Crippen molar-refractivity contribution < 1.29 is 21.6 Å². The quantitative estimate of drug-likeness (QED) is 0.896. The van der Waals surface area contributed by atoms with Crippen molar-refractivity contribution in [2.45, 2.75) is 11.1 Å². The van der Waals surface area contributed by atoms with Crippen LogP contribution in [0.2, 0.25) is 0 Å². The summed E-state index contributed by atoms with van der Waals surface area (Å²) < 4.78 is 60.3. The van der Waals surface area contributed by atoms with Gasteiger partial charge >= 0.3 is 6.18 Å². The standard InChI is InChI=1S/C10H8F3N3O3S/c1-20(18,19)6-2-3-8(14-5-6)16-9(17)4-7(15-16)10(11,12)13/h2-5,15H,1H3. The highest BCUT2D eigenvalue weighted by Gasteiger charge is 2.33. The minimum atomic E-state index is -4.68. The van der Waals surface area contributed by atoms with E-state index in [1.54, 1.807) is 0 Å². The molecule has 0 aliphatic heterocycles. The molecule has 1 N–H and O–H groups in total. The summed E-state index contributed by atoms with van der Waals surface area (Å²) >= 11 is 0. The minimum absolute atomic E-state index is 0.100. The van der Waals surface area contributed by atoms with Crippen LogP contribution in [-0.4, -0.2) is 29.4 Å². The fourth-order valence-corrected chi connectivity index (χ4v) is 1.99. The Morgan fingerprint density at radius 1 is 1.30 bits per heavy atom. The zero-order valence-electron chi connectivity index (χ0n) is 9.97. The van der Waals surface area contributed by atoms with Crippen molar-refractivity contribution in [3.8, 4) is 5.82 Å². The van der Waals surface area contributed by atoms with Crippen LogP contribution in [0.4, 0.5) is 13.2 Å². The molecule has 20 heavy (non-hydrogen) atoms. The Morgan fingerprint density at radius 3 is 2.35 bits per heavy atom. The molecule has 0 fully saturated rings. The number of rotatable bonds is 2. The lowest BCUT2D eigenvalue weighted by Gasteiger charge is -2.04. The highest BCUT2D eigenvalue weighted by atomic mass is 32.2. The van der Waals surface area contributed by atoms with E-state index in [4.69, 9.17) is 0 Å². The molecule has 0 saturated carbocycles. The molecule has 10 heteroatoms. The molecule has 0 spiro atoms. The van der Waals surface area contributed by atoms with Crippen LogP contribution in [0.3, 0.4) is 0 Å². The molecule has 0 saturated heterocycles. The first kappa shape index (κ1) is 14.3. The van der Waals surface area contributed by atoms with E-state index >= 15 is 0 Å². The zero-order valence-corrected chi connectivity index (χ0v) is 10.8. The Balaban J connectivity index is 2.48. The average Bonchev–Trinajstić information content (AvgIpc) is 2.70. The normalized spacial score (nSPS) is 12.6. The molecule has 0 aliphatic rings. The second-order valence-corrected chi connectivity index (χ2v) is 5.98. The first-order valence-electron chi connectivity index (χ1n) is 5.15. The summed E-state index contributed by atoms with van der Waals surface area (Å²) in [5.74, 6) is -0.141. The number of nitrogens with one attached hydrogen (secondary N) is 1. The number of halogens is 3. The average molecular weight is 307 g/mol. The molecule has 0 bridgehead atoms. The Bertz CT molecular complexity index is 788. The maximum Gasteiger partial charge on any atom is 0.432 e. The van der Waals surface area contributed by atoms with Crippen LogP contribution in [0, 0.1) is 0 Å². The van der Waals surface area contributed by atoms with E-state index in [1.165, 1.54) is 0 Å². The van der Waals surface area contributed by atoms with Crippen LogP contribution in [0.1, 0.15) is 5.69 Å². The molecule has 6 nitrogen and oxygen atoms in total. The van der Waals surface area contributed by atoms with E-state index in [9.17, 15) is 26.4 Å². The molecule has 0 aromatic carbocycles. The summed E-state index contributed by atoms with van der Waals surface area (Å²) in [6.07, 6.45) is -2.76. The van der Waals surface area contributed by atoms with E-state index in [0.29, 0.717) is 10.7 Å². The highest BCUT2D eigenvalue weighted by Crippen LogP contribution is 2.26. The summed E-state index contributed by atoms with van der Waals surface area (Å²) in [5, 5.41) is 1.86. The van der Waals surface area contributed by atoms with Gasteiger partial charge in [-0.1, -0.05) is 0 Å². The van der Waals surface area contributed by atoms with Crippen LogP contribution in [0.15, 0.2) is 34.1 Å². The Kier molecular flexibility index (Phi) is 3.20. The minimum Gasteiger partial charge on any atom is -0.285 e. The zero-order chi connectivity index (χ0) is 15.1. The maximum atomic E-state index is 12.4. The van der Waals surface area contributed by atoms with Gasteiger partial charge in [-0.2, -0.15) is 13.2 Å². The molecule has 0 radical (unpaired) electrons. The number of nitrogens with zero attached hydrogens (tertiary/aromatic N) is 2. The summed E-state index contributed by atoms with van der Waals surface area (Å²) in [6.45, 7) is 0. The van der Waals surface area contributed by atoms with E-state index in [1.807, 2.05) is 5.10 Å². The number of aromatic amines is 1. The van der Waals surface area contributed by atoms with E-state index in [2.05, 4.69) is 4.98 Å². The molecule has 2 heterocycles. The van der Waals surface area contributed by atoms with Gasteiger partial charge in [0.1, 0.15) is 5.69 Å². The summed E-state index contributed by atoms with van der Waals surface area (Å²) in [6, 6.07) is 2.68. The Hall–Kier alpha value is -2.10. The van der Waals surface area contributed by atoms with Crippen molar-refractivity contribution in [3.63, 3.8) is 0 Å². The fraction of sp³-hybridized carbons (Fsp3) is 0.200. The van der Waals surface area contributed by atoms with Crippen molar-refractivity contribution in [1.82, 2.24) is 14.8 Å². The lowest BCUT2D eigenvalue weighted by Crippen LogP contribution is -2.15. The molecule has 108 valence electrons. The molecule has 2 rings (SSSR count). The maximum absolute atomic E-state index is 12.4. The molecule has 2 aromatic heterocycles. The third-order valence-electron chi connectivity index (χ3n) is 2.40. The second-order valence-electron chi connectivity index (χ2n) is 3.97. The van der Waals surface area contributed by atoms with Gasteiger partial charge < -0.3 is 0 Å². The van der Waals surface area contributed by atoms with E-state index in [-0.39, 0.29) is 10.7 Å². The van der Waals surface area contributed by atoms with Gasteiger partial charge in [0.15, 0.2) is 15.7 Å². The smallest absolute Gasteiger partial charge is 0.285 e. The van der Waals surface area contributed by atoms with E-state index in [0.717, 1.165) is 24.6 Å². The van der Waals surface area contributed by atoms with Crippen LogP contribution in [0.25, 0.3) is 5.82 Å². The van der Waals surface area contributed by atoms with Crippen molar-refractivity contribution in [2.75, 3.05) is 6.26 Å². The lowest BCUT2D eigenvalue weighted by molar-refractivity contribution is -0.141. The fourth-order valence-electron chi connectivity index (χ4n) is 1.44. The SMILES string of the molecule is CS(=O)(=O)c1ccc(-n2[nH]c(C(F)(F)F)cc2=O)nc1. The highest BCUT2D eigenvalue weighted by molar-refractivity contribution is 7.90. The predicted octanol–water partition coefficient (Wildman–Crippen LogP) is 0.983. The van der Waals surface area contributed by atoms with Gasteiger partial charge in [-0.15, -0.1) is 0 Å². The monoisotopic (exact) mass is 307 g/mol. The summed E-state index contributed by atoms with van der Waals surface area (Å²) in [7, 11) is -3.47. The number of H-pyrrole nitrogens is 1. The summed E-state index contributed by atoms with van der Waals surface area (Å²) in [4.78, 5) is 15.0. The van der Waals surface area contributed by atoms with Crippen molar-refractivity contribution in [2.24, 2.45) is 0 Å². The Morgan fingerprint density at radius 2 is 1.95 bits per heavy atom. The lowest BCUT2D eigenvalue weighted by atomic mass is 10.4. The first-order valence-corrected chi connectivity index (χ1v) is 7.04.